The van der Waals surface area contributed by atoms with Crippen molar-refractivity contribution in [3.05, 3.63) is 35.5 Å². The van der Waals surface area contributed by atoms with E-state index in [2.05, 4.69) is 29.4 Å². The lowest BCUT2D eigenvalue weighted by molar-refractivity contribution is -0.137. The van der Waals surface area contributed by atoms with Gasteiger partial charge in [0.05, 0.1) is 0 Å². The zero-order chi connectivity index (χ0) is 18.1. The third kappa shape index (κ3) is 5.32. The first-order chi connectivity index (χ1) is 11.4. The summed E-state index contributed by atoms with van der Waals surface area (Å²) < 4.78 is 0. The number of hydrogen-bond acceptors (Lipinski definition) is 5. The van der Waals surface area contributed by atoms with Crippen LogP contribution in [0.2, 0.25) is 0 Å². The van der Waals surface area contributed by atoms with E-state index in [0.717, 1.165) is 30.0 Å². The molecule has 0 heterocycles. The Morgan fingerprint density at radius 3 is 2.50 bits per heavy atom. The molecule has 0 aliphatic heterocycles. The van der Waals surface area contributed by atoms with Crippen LogP contribution in [0.25, 0.3) is 0 Å². The van der Waals surface area contributed by atoms with E-state index < -0.39 is 18.4 Å². The number of carbonyl (C=O) groups is 2. The van der Waals surface area contributed by atoms with E-state index in [4.69, 9.17) is 10.4 Å². The van der Waals surface area contributed by atoms with Crippen molar-refractivity contribution in [2.45, 2.75) is 20.8 Å². The zero-order valence-electron chi connectivity index (χ0n) is 14.1. The Morgan fingerprint density at radius 2 is 2.00 bits per heavy atom. The van der Waals surface area contributed by atoms with Gasteiger partial charge in [0.1, 0.15) is 18.2 Å². The van der Waals surface area contributed by atoms with Gasteiger partial charge in [0, 0.05) is 30.7 Å². The highest BCUT2D eigenvalue weighted by Crippen LogP contribution is 2.22. The van der Waals surface area contributed by atoms with Gasteiger partial charge in [-0.2, -0.15) is 5.26 Å². The van der Waals surface area contributed by atoms with Crippen LogP contribution < -0.4 is 15.5 Å². The van der Waals surface area contributed by atoms with Crippen molar-refractivity contribution in [3.8, 4) is 6.07 Å². The van der Waals surface area contributed by atoms with Gasteiger partial charge >= 0.3 is 5.97 Å². The summed E-state index contributed by atoms with van der Waals surface area (Å²) >= 11 is 0. The minimum absolute atomic E-state index is 0.191. The van der Waals surface area contributed by atoms with E-state index in [9.17, 15) is 9.59 Å². The van der Waals surface area contributed by atoms with E-state index in [1.807, 2.05) is 25.1 Å². The van der Waals surface area contributed by atoms with E-state index in [-0.39, 0.29) is 5.57 Å². The minimum Gasteiger partial charge on any atom is -0.480 e. The predicted molar refractivity (Wildman–Crippen MR) is 92.7 cm³/mol. The first-order valence-electron chi connectivity index (χ1n) is 7.65. The summed E-state index contributed by atoms with van der Waals surface area (Å²) in [5.74, 6) is -1.90. The molecular weight excluding hydrogens is 308 g/mol. The van der Waals surface area contributed by atoms with Crippen LogP contribution in [0.3, 0.4) is 0 Å². The van der Waals surface area contributed by atoms with Gasteiger partial charge in [-0.25, -0.2) is 0 Å². The normalized spacial score (nSPS) is 10.7. The molecule has 0 saturated heterocycles. The molecule has 1 rings (SSSR count). The van der Waals surface area contributed by atoms with E-state index in [1.54, 1.807) is 6.07 Å². The maximum Gasteiger partial charge on any atom is 0.322 e. The number of nitriles is 1. The number of benzene rings is 1. The number of carboxylic acids is 1. The average Bonchev–Trinajstić information content (AvgIpc) is 2.56. The van der Waals surface area contributed by atoms with Crippen LogP contribution in [0.1, 0.15) is 19.4 Å². The van der Waals surface area contributed by atoms with Crippen LogP contribution in [0.4, 0.5) is 11.4 Å². The maximum absolute atomic E-state index is 11.7. The lowest BCUT2D eigenvalue weighted by atomic mass is 10.1. The second kappa shape index (κ2) is 9.20. The molecule has 0 aliphatic rings. The van der Waals surface area contributed by atoms with Gasteiger partial charge in [-0.15, -0.1) is 0 Å². The predicted octanol–water partition coefficient (Wildman–Crippen LogP) is 1.86. The van der Waals surface area contributed by atoms with Gasteiger partial charge < -0.3 is 20.6 Å². The second-order valence-corrected chi connectivity index (χ2v) is 5.06. The van der Waals surface area contributed by atoms with Crippen molar-refractivity contribution in [1.82, 2.24) is 5.32 Å². The van der Waals surface area contributed by atoms with Gasteiger partial charge in [0.2, 0.25) is 0 Å². The highest BCUT2D eigenvalue weighted by Gasteiger charge is 2.10. The first kappa shape index (κ1) is 19.0. The van der Waals surface area contributed by atoms with Crippen LogP contribution in [0.15, 0.2) is 30.0 Å². The molecule has 3 N–H and O–H groups in total. The molecule has 0 spiro atoms. The van der Waals surface area contributed by atoms with Crippen LogP contribution >= 0.6 is 0 Å². The molecule has 7 heteroatoms. The molecule has 1 aromatic rings. The molecule has 7 nitrogen and oxygen atoms in total. The number of nitrogens with one attached hydrogen (secondary N) is 2. The summed E-state index contributed by atoms with van der Waals surface area (Å²) in [6.45, 7) is 7.39. The monoisotopic (exact) mass is 330 g/mol. The summed E-state index contributed by atoms with van der Waals surface area (Å²) in [6.07, 6.45) is 1.27. The topological polar surface area (TPSA) is 105 Å². The van der Waals surface area contributed by atoms with Gasteiger partial charge in [-0.3, -0.25) is 9.59 Å². The van der Waals surface area contributed by atoms with Crippen molar-refractivity contribution in [1.29, 1.82) is 5.26 Å². The van der Waals surface area contributed by atoms with E-state index >= 15 is 0 Å². The average molecular weight is 330 g/mol. The molecule has 0 aliphatic carbocycles. The Bertz CT molecular complexity index is 673. The zero-order valence-corrected chi connectivity index (χ0v) is 14.1. The minimum atomic E-state index is -1.17. The number of nitrogens with zero attached hydrogens (tertiary/aromatic N) is 2. The molecule has 1 aromatic carbocycles. The van der Waals surface area contributed by atoms with Crippen LogP contribution in [-0.2, 0) is 9.59 Å². The second-order valence-electron chi connectivity index (χ2n) is 5.06. The number of carboxylic acid groups (broad SMARTS) is 1. The fourth-order valence-corrected chi connectivity index (χ4v) is 2.14. The van der Waals surface area contributed by atoms with Crippen molar-refractivity contribution in [2.75, 3.05) is 29.9 Å². The molecule has 0 aromatic heterocycles. The largest absolute Gasteiger partial charge is 0.480 e. The fraction of sp³-hybridized carbons (Fsp3) is 0.353. The highest BCUT2D eigenvalue weighted by molar-refractivity contribution is 5.98. The van der Waals surface area contributed by atoms with Crippen LogP contribution in [0, 0.1) is 18.3 Å². The first-order valence-corrected chi connectivity index (χ1v) is 7.65. The third-order valence-corrected chi connectivity index (χ3v) is 3.48. The summed E-state index contributed by atoms with van der Waals surface area (Å²) in [5.41, 5.74) is 2.65. The van der Waals surface area contributed by atoms with Crippen molar-refractivity contribution in [2.24, 2.45) is 0 Å². The molecule has 0 radical (unpaired) electrons. The summed E-state index contributed by atoms with van der Waals surface area (Å²) in [6, 6.07) is 7.62. The Kier molecular flexibility index (Phi) is 7.30. The Hall–Kier alpha value is -3.01. The number of amides is 1. The fourth-order valence-electron chi connectivity index (χ4n) is 2.14. The van der Waals surface area contributed by atoms with Crippen LogP contribution in [0.5, 0.6) is 0 Å². The summed E-state index contributed by atoms with van der Waals surface area (Å²) in [7, 11) is 0. The number of hydrogen-bond donors (Lipinski definition) is 3. The van der Waals surface area contributed by atoms with Crippen LogP contribution in [-0.4, -0.2) is 36.6 Å². The number of rotatable bonds is 8. The smallest absolute Gasteiger partial charge is 0.322 e. The summed E-state index contributed by atoms with van der Waals surface area (Å²) in [5, 5.41) is 22.6. The lowest BCUT2D eigenvalue weighted by Crippen LogP contribution is -2.30. The molecule has 0 saturated carbocycles. The molecule has 24 heavy (non-hydrogen) atoms. The molecule has 128 valence electrons. The van der Waals surface area contributed by atoms with E-state index in [1.165, 1.54) is 6.20 Å². The standard InChI is InChI=1S/C17H22N4O3/c1-4-21(5-2)14-6-7-15(12(3)8-14)19-10-13(9-18)17(24)20-11-16(22)23/h6-8,10,19H,4-5,11H2,1-3H3,(H,20,24)(H,22,23)/b13-10-. The molecular formula is C17H22N4O3. The Balaban J connectivity index is 2.86. The van der Waals surface area contributed by atoms with Crippen molar-refractivity contribution < 1.29 is 14.7 Å². The van der Waals surface area contributed by atoms with Crippen molar-refractivity contribution >= 4 is 23.3 Å². The molecule has 0 atom stereocenters. The van der Waals surface area contributed by atoms with E-state index in [0.29, 0.717) is 0 Å². The molecule has 1 amide bonds. The number of anilines is 2. The molecule has 0 bridgehead atoms. The van der Waals surface area contributed by atoms with Crippen molar-refractivity contribution in [3.63, 3.8) is 0 Å². The lowest BCUT2D eigenvalue weighted by Gasteiger charge is -2.22. The summed E-state index contributed by atoms with van der Waals surface area (Å²) in [4.78, 5) is 24.3. The molecule has 0 unspecified atom stereocenters. The Morgan fingerprint density at radius 1 is 1.33 bits per heavy atom. The highest BCUT2D eigenvalue weighted by atomic mass is 16.4. The number of carbonyl (C=O) groups excluding carboxylic acids is 1. The quantitative estimate of drug-likeness (QED) is 0.496. The maximum atomic E-state index is 11.7. The van der Waals surface area contributed by atoms with Gasteiger partial charge in [0.15, 0.2) is 0 Å². The number of aliphatic carboxylic acids is 1. The molecule has 0 fully saturated rings. The van der Waals surface area contributed by atoms with Gasteiger partial charge in [-0.05, 0) is 44.5 Å². The SMILES string of the molecule is CCN(CC)c1ccc(N/C=C(/C#N)C(=O)NCC(=O)O)c(C)c1. The van der Waals surface area contributed by atoms with Gasteiger partial charge in [0.25, 0.3) is 5.91 Å². The van der Waals surface area contributed by atoms with Gasteiger partial charge in [-0.1, -0.05) is 0 Å². The third-order valence-electron chi connectivity index (χ3n) is 3.48. The Labute approximate surface area is 141 Å². The number of aryl methyl sites for hydroxylation is 1.